The van der Waals surface area contributed by atoms with E-state index in [2.05, 4.69) is 243 Å². The van der Waals surface area contributed by atoms with Gasteiger partial charge in [0.2, 0.25) is 0 Å². The van der Waals surface area contributed by atoms with Gasteiger partial charge in [0.1, 0.15) is 0 Å². The molecular formula is C65H60N6. The summed E-state index contributed by atoms with van der Waals surface area (Å²) in [6, 6.07) is 47.3. The predicted octanol–water partition coefficient (Wildman–Crippen LogP) is 16.8. The molecule has 0 saturated carbocycles. The Bertz CT molecular complexity index is 3580. The van der Waals surface area contributed by atoms with E-state index in [1.165, 1.54) is 16.5 Å². The Morgan fingerprint density at radius 1 is 0.648 bits per heavy atom. The number of para-hydroxylation sites is 5. The van der Waals surface area contributed by atoms with Crippen LogP contribution in [-0.2, 0) is 7.05 Å². The van der Waals surface area contributed by atoms with Crippen LogP contribution in [0, 0.1) is 0 Å². The van der Waals surface area contributed by atoms with Crippen molar-refractivity contribution in [3.05, 3.63) is 267 Å². The standard InChI is InChI=1S/C59H50N6.C6H10/c1-7-22-49-50(10-4)64(54-32-20-15-27-46(54)56-45-26-14-18-30-51(45)62(6)58(49)56)43-35-40(37-61-38-43)39(5)34-42(36-60)63-52(23-8-2)44(9-3)59-57(47-28-16-19-31-53(47)63)48-29-17-21-33-55(48)65(59)41-24-12-11-13-25-41;1-3-5-6-4-2/h7-38H,3-4,60H2,1-2,5-6H3;3,5-6H,1,4H2,2H3/b22-7-,23-8-,39-34+,42-36+;6-5-. The lowest BCUT2D eigenvalue weighted by Crippen LogP contribution is -2.22. The maximum atomic E-state index is 6.78. The SMILES string of the molecule is C=C/C=C\CC.C=CC1=C(/C=C\C)N(C(/C=C(\C)c2cncc(N3C(C=C)=C(/C=C\C)c4c(c5ccccc5n4C)-c4ccccc43)c2)=C/N)c2ccccc2-c2c1n(-c1ccccc1)c1ccccc21. The third kappa shape index (κ3) is 8.34. The average Bonchev–Trinajstić information content (AvgIpc) is 3.82. The molecule has 8 aromatic rings. The van der Waals surface area contributed by atoms with Crippen molar-refractivity contribution in [2.45, 2.75) is 34.1 Å². The number of allylic oxidation sites excluding steroid dienone is 13. The van der Waals surface area contributed by atoms with Crippen LogP contribution in [0.15, 0.2) is 250 Å². The molecule has 5 aromatic carbocycles. The van der Waals surface area contributed by atoms with Gasteiger partial charge in [-0.05, 0) is 99.0 Å². The van der Waals surface area contributed by atoms with Crippen LogP contribution in [0.5, 0.6) is 0 Å². The van der Waals surface area contributed by atoms with E-state index in [1.54, 1.807) is 12.3 Å². The number of pyridine rings is 1. The largest absolute Gasteiger partial charge is 0.403 e. The molecule has 6 nitrogen and oxygen atoms in total. The van der Waals surface area contributed by atoms with Gasteiger partial charge in [-0.25, -0.2) is 0 Å². The number of fused-ring (bicyclic) bond motifs is 10. The second-order valence-corrected chi connectivity index (χ2v) is 17.3. The fraction of sp³-hybridized carbons (Fsp3) is 0.0923. The van der Waals surface area contributed by atoms with Gasteiger partial charge in [0, 0.05) is 74.8 Å². The van der Waals surface area contributed by atoms with E-state index in [-0.39, 0.29) is 0 Å². The lowest BCUT2D eigenvalue weighted by Gasteiger charge is -2.29. The molecule has 3 aromatic heterocycles. The van der Waals surface area contributed by atoms with Gasteiger partial charge < -0.3 is 24.7 Å². The summed E-state index contributed by atoms with van der Waals surface area (Å²) in [6.45, 7) is 20.7. The highest BCUT2D eigenvalue weighted by molar-refractivity contribution is 6.11. The summed E-state index contributed by atoms with van der Waals surface area (Å²) >= 11 is 0. The number of nitrogens with two attached hydrogens (primary N) is 1. The second kappa shape index (κ2) is 20.8. The minimum Gasteiger partial charge on any atom is -0.403 e. The molecule has 71 heavy (non-hydrogen) atoms. The minimum atomic E-state index is 0.804. The molecule has 2 aliphatic rings. The predicted molar refractivity (Wildman–Crippen MR) is 305 cm³/mol. The number of nitrogens with zero attached hydrogens (tertiary/aromatic N) is 5. The van der Waals surface area contributed by atoms with E-state index in [0.29, 0.717) is 0 Å². The molecule has 0 atom stereocenters. The molecule has 0 saturated heterocycles. The number of hydrogen-bond donors (Lipinski definition) is 1. The van der Waals surface area contributed by atoms with Crippen LogP contribution in [0.2, 0.25) is 0 Å². The van der Waals surface area contributed by atoms with Crippen molar-refractivity contribution in [2.24, 2.45) is 12.8 Å². The van der Waals surface area contributed by atoms with Gasteiger partial charge in [-0.3, -0.25) is 4.98 Å². The Kier molecular flexibility index (Phi) is 13.8. The van der Waals surface area contributed by atoms with Gasteiger partial charge in [0.15, 0.2) is 0 Å². The Morgan fingerprint density at radius 3 is 1.92 bits per heavy atom. The van der Waals surface area contributed by atoms with E-state index in [4.69, 9.17) is 10.7 Å². The number of rotatable bonds is 11. The van der Waals surface area contributed by atoms with Crippen molar-refractivity contribution in [2.75, 3.05) is 9.80 Å². The Morgan fingerprint density at radius 2 is 1.27 bits per heavy atom. The summed E-state index contributed by atoms with van der Waals surface area (Å²) in [7, 11) is 2.15. The fourth-order valence-electron chi connectivity index (χ4n) is 10.2. The van der Waals surface area contributed by atoms with Crippen molar-refractivity contribution >= 4 is 55.6 Å². The zero-order valence-electron chi connectivity index (χ0n) is 41.3. The molecule has 0 fully saturated rings. The summed E-state index contributed by atoms with van der Waals surface area (Å²) < 4.78 is 4.68. The van der Waals surface area contributed by atoms with Gasteiger partial charge >= 0.3 is 0 Å². The van der Waals surface area contributed by atoms with Crippen molar-refractivity contribution < 1.29 is 0 Å². The van der Waals surface area contributed by atoms with Gasteiger partial charge in [-0.1, -0.05) is 160 Å². The number of anilines is 3. The first kappa shape index (κ1) is 47.2. The van der Waals surface area contributed by atoms with E-state index < -0.39 is 0 Å². The van der Waals surface area contributed by atoms with Crippen molar-refractivity contribution in [1.82, 2.24) is 14.1 Å². The second-order valence-electron chi connectivity index (χ2n) is 17.3. The van der Waals surface area contributed by atoms with E-state index in [1.807, 2.05) is 30.6 Å². The molecule has 0 radical (unpaired) electrons. The minimum absolute atomic E-state index is 0.804. The molecule has 6 heteroatoms. The average molecular weight is 925 g/mol. The first-order chi connectivity index (χ1) is 34.8. The van der Waals surface area contributed by atoms with Crippen LogP contribution in [0.3, 0.4) is 0 Å². The highest BCUT2D eigenvalue weighted by Gasteiger charge is 2.33. The normalized spacial score (nSPS) is 13.8. The van der Waals surface area contributed by atoms with E-state index >= 15 is 0 Å². The molecule has 350 valence electrons. The number of aromatic nitrogens is 3. The monoisotopic (exact) mass is 924 g/mol. The number of aryl methyl sites for hydroxylation is 1. The zero-order valence-corrected chi connectivity index (χ0v) is 41.3. The smallest absolute Gasteiger partial charge is 0.0651 e. The van der Waals surface area contributed by atoms with Crippen LogP contribution in [0.4, 0.5) is 17.1 Å². The molecule has 2 aliphatic heterocycles. The summed E-state index contributed by atoms with van der Waals surface area (Å²) in [5, 5.41) is 2.36. The van der Waals surface area contributed by atoms with Crippen LogP contribution < -0.4 is 15.5 Å². The molecule has 0 aliphatic carbocycles. The van der Waals surface area contributed by atoms with E-state index in [9.17, 15) is 0 Å². The first-order valence-electron chi connectivity index (χ1n) is 24.2. The topological polar surface area (TPSA) is 55.3 Å². The third-order valence-electron chi connectivity index (χ3n) is 13.2. The van der Waals surface area contributed by atoms with Crippen LogP contribution in [0.1, 0.15) is 51.1 Å². The number of benzene rings is 5. The molecular weight excluding hydrogens is 865 g/mol. The maximum Gasteiger partial charge on any atom is 0.0651 e. The molecule has 10 rings (SSSR count). The van der Waals surface area contributed by atoms with Gasteiger partial charge in [0.05, 0.1) is 57.3 Å². The fourth-order valence-corrected chi connectivity index (χ4v) is 10.2. The molecule has 0 unspecified atom stereocenters. The van der Waals surface area contributed by atoms with Crippen LogP contribution in [-0.4, -0.2) is 14.1 Å². The Labute approximate surface area is 419 Å². The third-order valence-corrected chi connectivity index (χ3v) is 13.2. The molecule has 0 bridgehead atoms. The van der Waals surface area contributed by atoms with Crippen LogP contribution >= 0.6 is 0 Å². The van der Waals surface area contributed by atoms with Crippen molar-refractivity contribution in [3.63, 3.8) is 0 Å². The summed E-state index contributed by atoms with van der Waals surface area (Å²) in [5.74, 6) is 0. The van der Waals surface area contributed by atoms with Gasteiger partial charge in [-0.15, -0.1) is 0 Å². The quantitative estimate of drug-likeness (QED) is 0.131. The lowest BCUT2D eigenvalue weighted by molar-refractivity contribution is 0.949. The van der Waals surface area contributed by atoms with Gasteiger partial charge in [0.25, 0.3) is 0 Å². The summed E-state index contributed by atoms with van der Waals surface area (Å²) in [6.07, 6.45) is 27.1. The Hall–Kier alpha value is -8.87. The first-order valence-corrected chi connectivity index (χ1v) is 24.2. The molecule has 2 N–H and O–H groups in total. The molecule has 0 amide bonds. The molecule has 0 spiro atoms. The summed E-state index contributed by atoms with van der Waals surface area (Å²) in [5.41, 5.74) is 26.6. The highest BCUT2D eigenvalue weighted by atomic mass is 15.2. The van der Waals surface area contributed by atoms with E-state index in [0.717, 1.165) is 108 Å². The van der Waals surface area contributed by atoms with Crippen LogP contribution in [0.25, 0.3) is 66.5 Å². The van der Waals surface area contributed by atoms with Crippen molar-refractivity contribution in [1.29, 1.82) is 0 Å². The zero-order chi connectivity index (χ0) is 49.6. The van der Waals surface area contributed by atoms with Gasteiger partial charge in [-0.2, -0.15) is 0 Å². The maximum absolute atomic E-state index is 6.78. The summed E-state index contributed by atoms with van der Waals surface area (Å²) in [4.78, 5) is 9.49. The number of hydrogen-bond acceptors (Lipinski definition) is 4. The van der Waals surface area contributed by atoms with Crippen molar-refractivity contribution in [3.8, 4) is 27.9 Å². The molecule has 5 heterocycles. The highest BCUT2D eigenvalue weighted by Crippen LogP contribution is 2.52. The Balaban J connectivity index is 0.000000980. The lowest BCUT2D eigenvalue weighted by atomic mass is 9.97.